The van der Waals surface area contributed by atoms with Gasteiger partial charge in [0.2, 0.25) is 0 Å². The molecule has 0 saturated carbocycles. The molecule has 1 amide bonds. The molecule has 5 nitrogen and oxygen atoms in total. The number of likely N-dealkylation sites (N-methyl/N-ethyl adjacent to an activating group) is 1. The summed E-state index contributed by atoms with van der Waals surface area (Å²) in [6.07, 6.45) is 2.30. The average molecular weight is 322 g/mol. The molecule has 0 unspecified atom stereocenters. The molecule has 0 fully saturated rings. The first-order valence-electron chi connectivity index (χ1n) is 6.73. The lowest BCUT2D eigenvalue weighted by molar-refractivity contribution is 0.0693. The van der Waals surface area contributed by atoms with E-state index in [1.165, 1.54) is 28.4 Å². The van der Waals surface area contributed by atoms with Crippen LogP contribution in [0.15, 0.2) is 29.8 Å². The molecule has 0 spiro atoms. The van der Waals surface area contributed by atoms with Crippen LogP contribution in [0.3, 0.4) is 0 Å². The van der Waals surface area contributed by atoms with Gasteiger partial charge in [-0.2, -0.15) is 0 Å². The zero-order chi connectivity index (χ0) is 16.1. The summed E-state index contributed by atoms with van der Waals surface area (Å²) in [5, 5.41) is 11.6. The molecule has 0 atom stereocenters. The van der Waals surface area contributed by atoms with Gasteiger partial charge in [-0.1, -0.05) is 0 Å². The zero-order valence-corrected chi connectivity index (χ0v) is 12.8. The zero-order valence-electron chi connectivity index (χ0n) is 12.0. The molecule has 22 heavy (non-hydrogen) atoms. The van der Waals surface area contributed by atoms with Crippen LogP contribution in [0.25, 0.3) is 0 Å². The van der Waals surface area contributed by atoms with E-state index in [9.17, 15) is 14.0 Å². The third kappa shape index (κ3) is 3.67. The predicted octanol–water partition coefficient (Wildman–Crippen LogP) is 2.69. The van der Waals surface area contributed by atoms with Crippen LogP contribution in [0.5, 0.6) is 0 Å². The summed E-state index contributed by atoms with van der Waals surface area (Å²) in [4.78, 5) is 28.8. The molecular formula is C15H15FN2O3S. The topological polar surface area (TPSA) is 70.5 Å². The number of rotatable bonds is 6. The number of hydrogen-bond donors (Lipinski definition) is 1. The largest absolute Gasteiger partial charge is 0.478 e. The fourth-order valence-electron chi connectivity index (χ4n) is 2.00. The van der Waals surface area contributed by atoms with E-state index in [1.807, 2.05) is 12.3 Å². The Balaban J connectivity index is 2.12. The highest BCUT2D eigenvalue weighted by Crippen LogP contribution is 2.14. The highest BCUT2D eigenvalue weighted by Gasteiger charge is 2.19. The molecule has 2 rings (SSSR count). The van der Waals surface area contributed by atoms with Crippen molar-refractivity contribution in [3.63, 3.8) is 0 Å². The van der Waals surface area contributed by atoms with Crippen LogP contribution in [0.1, 0.15) is 32.6 Å². The third-order valence-electron chi connectivity index (χ3n) is 3.19. The molecule has 1 aromatic heterocycles. The van der Waals surface area contributed by atoms with E-state index in [-0.39, 0.29) is 11.1 Å². The predicted molar refractivity (Wildman–Crippen MR) is 80.8 cm³/mol. The number of nitrogens with zero attached hydrogens (tertiary/aromatic N) is 2. The fourth-order valence-corrected chi connectivity index (χ4v) is 2.61. The second kappa shape index (κ2) is 7.13. The standard InChI is InChI=1S/C15H15FN2O3S/c1-2-18(7-5-13-17-6-8-22-13)14(19)11-4-3-10(15(20)21)9-12(11)16/h3-4,6,8-9H,2,5,7H2,1H3,(H,20,21). The van der Waals surface area contributed by atoms with E-state index in [0.29, 0.717) is 19.5 Å². The highest BCUT2D eigenvalue weighted by molar-refractivity contribution is 7.09. The maximum Gasteiger partial charge on any atom is 0.335 e. The Labute approximate surface area is 131 Å². The van der Waals surface area contributed by atoms with Gasteiger partial charge in [-0.3, -0.25) is 4.79 Å². The summed E-state index contributed by atoms with van der Waals surface area (Å²) in [7, 11) is 0. The Morgan fingerprint density at radius 1 is 1.41 bits per heavy atom. The van der Waals surface area contributed by atoms with Crippen molar-refractivity contribution in [2.75, 3.05) is 13.1 Å². The quantitative estimate of drug-likeness (QED) is 0.887. The number of benzene rings is 1. The summed E-state index contributed by atoms with van der Waals surface area (Å²) >= 11 is 1.50. The highest BCUT2D eigenvalue weighted by atomic mass is 32.1. The van der Waals surface area contributed by atoms with Gasteiger partial charge in [-0.15, -0.1) is 11.3 Å². The number of carbonyl (C=O) groups excluding carboxylic acids is 1. The summed E-state index contributed by atoms with van der Waals surface area (Å²) in [5.74, 6) is -2.50. The van der Waals surface area contributed by atoms with Crippen molar-refractivity contribution in [2.24, 2.45) is 0 Å². The SMILES string of the molecule is CCN(CCc1nccs1)C(=O)c1ccc(C(=O)O)cc1F. The summed E-state index contributed by atoms with van der Waals surface area (Å²) in [6.45, 7) is 2.68. The molecule has 1 heterocycles. The van der Waals surface area contributed by atoms with Crippen LogP contribution >= 0.6 is 11.3 Å². The first kappa shape index (κ1) is 16.1. The lowest BCUT2D eigenvalue weighted by Gasteiger charge is -2.20. The first-order chi connectivity index (χ1) is 10.5. The second-order valence-electron chi connectivity index (χ2n) is 4.56. The van der Waals surface area contributed by atoms with Crippen molar-refractivity contribution >= 4 is 23.2 Å². The van der Waals surface area contributed by atoms with Crippen molar-refractivity contribution < 1.29 is 19.1 Å². The van der Waals surface area contributed by atoms with Crippen molar-refractivity contribution in [1.29, 1.82) is 0 Å². The number of halogens is 1. The summed E-state index contributed by atoms with van der Waals surface area (Å²) < 4.78 is 14.0. The van der Waals surface area contributed by atoms with Crippen molar-refractivity contribution in [3.8, 4) is 0 Å². The number of amides is 1. The van der Waals surface area contributed by atoms with Crippen molar-refractivity contribution in [3.05, 3.63) is 51.7 Å². The minimum Gasteiger partial charge on any atom is -0.478 e. The fraction of sp³-hybridized carbons (Fsp3) is 0.267. The minimum absolute atomic E-state index is 0.119. The maximum atomic E-state index is 14.0. The molecule has 1 aromatic carbocycles. The number of hydrogen-bond acceptors (Lipinski definition) is 4. The van der Waals surface area contributed by atoms with Gasteiger partial charge in [-0.25, -0.2) is 14.2 Å². The summed E-state index contributed by atoms with van der Waals surface area (Å²) in [5.41, 5.74) is -0.300. The molecule has 0 aliphatic rings. The lowest BCUT2D eigenvalue weighted by atomic mass is 10.1. The maximum absolute atomic E-state index is 14.0. The Morgan fingerprint density at radius 3 is 2.73 bits per heavy atom. The van der Waals surface area contributed by atoms with E-state index >= 15 is 0 Å². The van der Waals surface area contributed by atoms with Gasteiger partial charge in [0.15, 0.2) is 0 Å². The van der Waals surface area contributed by atoms with Crippen LogP contribution in [-0.4, -0.2) is 40.0 Å². The van der Waals surface area contributed by atoms with Crippen LogP contribution in [0.4, 0.5) is 4.39 Å². The Bertz CT molecular complexity index is 673. The number of carbonyl (C=O) groups is 2. The molecule has 1 N–H and O–H groups in total. The average Bonchev–Trinajstić information content (AvgIpc) is 3.00. The van der Waals surface area contributed by atoms with Gasteiger partial charge in [0, 0.05) is 31.1 Å². The lowest BCUT2D eigenvalue weighted by Crippen LogP contribution is -2.33. The van der Waals surface area contributed by atoms with Crippen LogP contribution < -0.4 is 0 Å². The normalized spacial score (nSPS) is 10.5. The molecule has 0 saturated heterocycles. The van der Waals surface area contributed by atoms with E-state index in [1.54, 1.807) is 6.20 Å². The number of aromatic nitrogens is 1. The van der Waals surface area contributed by atoms with Crippen molar-refractivity contribution in [1.82, 2.24) is 9.88 Å². The number of thiazole rings is 1. The van der Waals surface area contributed by atoms with Crippen LogP contribution in [-0.2, 0) is 6.42 Å². The Morgan fingerprint density at radius 2 is 2.18 bits per heavy atom. The molecule has 0 aliphatic carbocycles. The van der Waals surface area contributed by atoms with Gasteiger partial charge in [-0.05, 0) is 25.1 Å². The number of carboxylic acids is 1. The smallest absolute Gasteiger partial charge is 0.335 e. The van der Waals surface area contributed by atoms with Gasteiger partial charge >= 0.3 is 5.97 Å². The van der Waals surface area contributed by atoms with Gasteiger partial charge in [0.25, 0.3) is 5.91 Å². The minimum atomic E-state index is -1.23. The summed E-state index contributed by atoms with van der Waals surface area (Å²) in [6, 6.07) is 3.31. The number of carboxylic acid groups (broad SMARTS) is 1. The molecule has 0 bridgehead atoms. The molecule has 116 valence electrons. The van der Waals surface area contributed by atoms with Crippen LogP contribution in [0, 0.1) is 5.82 Å². The molecular weight excluding hydrogens is 307 g/mol. The first-order valence-corrected chi connectivity index (χ1v) is 7.61. The van der Waals surface area contributed by atoms with E-state index < -0.39 is 17.7 Å². The Kier molecular flexibility index (Phi) is 5.21. The van der Waals surface area contributed by atoms with E-state index in [2.05, 4.69) is 4.98 Å². The second-order valence-corrected chi connectivity index (χ2v) is 5.54. The molecule has 0 aliphatic heterocycles. The molecule has 0 radical (unpaired) electrons. The monoisotopic (exact) mass is 322 g/mol. The van der Waals surface area contributed by atoms with E-state index in [4.69, 9.17) is 5.11 Å². The molecule has 2 aromatic rings. The van der Waals surface area contributed by atoms with E-state index in [0.717, 1.165) is 11.1 Å². The molecule has 7 heteroatoms. The van der Waals surface area contributed by atoms with Crippen molar-refractivity contribution in [2.45, 2.75) is 13.3 Å². The van der Waals surface area contributed by atoms with Gasteiger partial charge < -0.3 is 10.0 Å². The van der Waals surface area contributed by atoms with Crippen LogP contribution in [0.2, 0.25) is 0 Å². The Hall–Kier alpha value is -2.28. The van der Waals surface area contributed by atoms with Gasteiger partial charge in [0.1, 0.15) is 5.82 Å². The third-order valence-corrected chi connectivity index (χ3v) is 4.03. The van der Waals surface area contributed by atoms with Gasteiger partial charge in [0.05, 0.1) is 16.1 Å². The number of aromatic carboxylic acids is 1.